The summed E-state index contributed by atoms with van der Waals surface area (Å²) in [5, 5.41) is 36.5. The van der Waals surface area contributed by atoms with Crippen LogP contribution < -0.4 is 21.3 Å². The van der Waals surface area contributed by atoms with Crippen LogP contribution >= 0.6 is 0 Å². The quantitative estimate of drug-likeness (QED) is 0.0711. The summed E-state index contributed by atoms with van der Waals surface area (Å²) in [4.78, 5) is 78.5. The predicted octanol–water partition coefficient (Wildman–Crippen LogP) is -0.637. The monoisotopic (exact) mass is 516 g/mol. The zero-order valence-corrected chi connectivity index (χ0v) is 20.1. The Kier molecular flexibility index (Phi) is 17.6. The summed E-state index contributed by atoms with van der Waals surface area (Å²) in [7, 11) is 0. The Labute approximate surface area is 208 Å². The molecule has 204 valence electrons. The molecule has 7 N–H and O–H groups in total. The van der Waals surface area contributed by atoms with Gasteiger partial charge < -0.3 is 36.6 Å². The summed E-state index contributed by atoms with van der Waals surface area (Å²) in [6.45, 7) is 0.466. The summed E-state index contributed by atoms with van der Waals surface area (Å²) in [5.74, 6) is -4.52. The third-order valence-corrected chi connectivity index (χ3v) is 5.06. The second-order valence-corrected chi connectivity index (χ2v) is 8.07. The predicted molar refractivity (Wildman–Crippen MR) is 125 cm³/mol. The maximum Gasteiger partial charge on any atom is 0.326 e. The molecule has 0 spiro atoms. The first-order chi connectivity index (χ1) is 17.1. The topological polar surface area (TPSA) is 228 Å². The zero-order valence-electron chi connectivity index (χ0n) is 20.1. The van der Waals surface area contributed by atoms with E-state index >= 15 is 0 Å². The lowest BCUT2D eigenvalue weighted by atomic mass is 10.1. The minimum Gasteiger partial charge on any atom is -0.481 e. The van der Waals surface area contributed by atoms with Gasteiger partial charge in [0.05, 0.1) is 0 Å². The number of nitrogens with one attached hydrogen (secondary N) is 4. The van der Waals surface area contributed by atoms with Crippen LogP contribution in [-0.4, -0.2) is 82.5 Å². The summed E-state index contributed by atoms with van der Waals surface area (Å²) in [5.41, 5.74) is 0. The fourth-order valence-electron chi connectivity index (χ4n) is 3.08. The van der Waals surface area contributed by atoms with E-state index in [1.54, 1.807) is 0 Å². The second kappa shape index (κ2) is 19.6. The molecule has 0 heterocycles. The molecule has 14 heteroatoms. The van der Waals surface area contributed by atoms with Crippen molar-refractivity contribution < 1.29 is 48.9 Å². The van der Waals surface area contributed by atoms with Crippen molar-refractivity contribution in [3.8, 4) is 0 Å². The molecule has 36 heavy (non-hydrogen) atoms. The van der Waals surface area contributed by atoms with Gasteiger partial charge in [-0.15, -0.1) is 0 Å². The summed E-state index contributed by atoms with van der Waals surface area (Å²) in [6, 6.07) is -2.10. The molecular formula is C22H36N4O10. The van der Waals surface area contributed by atoms with E-state index < -0.39 is 35.9 Å². The number of rotatable bonds is 22. The van der Waals surface area contributed by atoms with E-state index in [0.717, 1.165) is 0 Å². The third-order valence-electron chi connectivity index (χ3n) is 5.06. The van der Waals surface area contributed by atoms with E-state index in [0.29, 0.717) is 38.6 Å². The van der Waals surface area contributed by atoms with Gasteiger partial charge in [-0.25, -0.2) is 9.59 Å². The highest BCUT2D eigenvalue weighted by Crippen LogP contribution is 2.03. The van der Waals surface area contributed by atoms with Gasteiger partial charge in [-0.05, 0) is 44.9 Å². The Morgan fingerprint density at radius 1 is 0.611 bits per heavy atom. The Balaban J connectivity index is 3.98. The van der Waals surface area contributed by atoms with E-state index in [9.17, 15) is 38.7 Å². The largest absolute Gasteiger partial charge is 0.481 e. The zero-order chi connectivity index (χ0) is 27.3. The molecule has 0 bridgehead atoms. The van der Waals surface area contributed by atoms with Crippen LogP contribution in [0, 0.1) is 0 Å². The number of carbonyl (C=O) groups is 7. The molecule has 2 atom stereocenters. The van der Waals surface area contributed by atoms with Crippen LogP contribution in [0.4, 0.5) is 0 Å². The number of amides is 4. The molecule has 14 nitrogen and oxygen atoms in total. The lowest BCUT2D eigenvalue weighted by Gasteiger charge is -2.14. The molecular weight excluding hydrogens is 480 g/mol. The van der Waals surface area contributed by atoms with E-state index in [4.69, 9.17) is 10.2 Å². The maximum absolute atomic E-state index is 11.9. The first-order valence-corrected chi connectivity index (χ1v) is 11.8. The molecule has 0 aliphatic rings. The molecule has 0 saturated heterocycles. The van der Waals surface area contributed by atoms with Crippen molar-refractivity contribution in [3.63, 3.8) is 0 Å². The lowest BCUT2D eigenvalue weighted by Crippen LogP contribution is -2.41. The number of aliphatic carboxylic acids is 3. The lowest BCUT2D eigenvalue weighted by molar-refractivity contribution is -0.142. The van der Waals surface area contributed by atoms with Crippen LogP contribution in [0.2, 0.25) is 0 Å². The van der Waals surface area contributed by atoms with Gasteiger partial charge in [0.25, 0.3) is 0 Å². The van der Waals surface area contributed by atoms with Crippen molar-refractivity contribution in [1.82, 2.24) is 21.3 Å². The molecule has 0 aromatic carbocycles. The van der Waals surface area contributed by atoms with Crippen molar-refractivity contribution in [2.75, 3.05) is 13.1 Å². The third kappa shape index (κ3) is 17.7. The standard InChI is InChI=1S/C22H36N4O10/c27-14-25-15(21(33)34)6-3-4-12-23-17(28)10-11-18(29)24-13-5-7-16(22(35)36)26-19(30)8-1-2-9-20(31)32/h14-16H,1-13H2,(H,23,28)(H,24,29)(H,25,27)(H,26,30)(H,31,32)(H,33,34)(H,35,36)/t15-,16?/m1/s1. The van der Waals surface area contributed by atoms with Crippen LogP contribution in [-0.2, 0) is 33.6 Å². The number of hydrogen-bond acceptors (Lipinski definition) is 7. The van der Waals surface area contributed by atoms with Crippen LogP contribution in [0.1, 0.15) is 70.6 Å². The van der Waals surface area contributed by atoms with Gasteiger partial charge in [0, 0.05) is 38.8 Å². The van der Waals surface area contributed by atoms with Gasteiger partial charge in [0.1, 0.15) is 12.1 Å². The van der Waals surface area contributed by atoms with E-state index in [2.05, 4.69) is 21.3 Å². The van der Waals surface area contributed by atoms with Crippen molar-refractivity contribution in [2.45, 2.75) is 82.7 Å². The number of hydrogen-bond donors (Lipinski definition) is 7. The van der Waals surface area contributed by atoms with Gasteiger partial charge in [-0.2, -0.15) is 0 Å². The Morgan fingerprint density at radius 2 is 1.14 bits per heavy atom. The highest BCUT2D eigenvalue weighted by atomic mass is 16.4. The van der Waals surface area contributed by atoms with Gasteiger partial charge in [-0.1, -0.05) is 0 Å². The smallest absolute Gasteiger partial charge is 0.326 e. The molecule has 0 saturated carbocycles. The number of unbranched alkanes of at least 4 members (excludes halogenated alkanes) is 2. The summed E-state index contributed by atoms with van der Waals surface area (Å²) in [6.07, 6.45) is 2.39. The highest BCUT2D eigenvalue weighted by molar-refractivity contribution is 5.84. The normalized spacial score (nSPS) is 12.0. The molecule has 0 aliphatic carbocycles. The van der Waals surface area contributed by atoms with E-state index in [1.165, 1.54) is 0 Å². The molecule has 0 aliphatic heterocycles. The van der Waals surface area contributed by atoms with Crippen LogP contribution in [0.3, 0.4) is 0 Å². The Hall–Kier alpha value is -3.71. The van der Waals surface area contributed by atoms with Crippen molar-refractivity contribution >= 4 is 42.0 Å². The van der Waals surface area contributed by atoms with Crippen molar-refractivity contribution in [3.05, 3.63) is 0 Å². The van der Waals surface area contributed by atoms with Gasteiger partial charge in [-0.3, -0.25) is 24.0 Å². The minimum absolute atomic E-state index is 0.0239. The molecule has 0 fully saturated rings. The van der Waals surface area contributed by atoms with Crippen molar-refractivity contribution in [1.29, 1.82) is 0 Å². The molecule has 0 aromatic heterocycles. The fraction of sp³-hybridized carbons (Fsp3) is 0.682. The first kappa shape index (κ1) is 32.3. The second-order valence-electron chi connectivity index (χ2n) is 8.07. The highest BCUT2D eigenvalue weighted by Gasteiger charge is 2.19. The molecule has 0 aromatic rings. The Bertz CT molecular complexity index is 759. The minimum atomic E-state index is -1.21. The maximum atomic E-state index is 11.9. The SMILES string of the molecule is O=CN[C@H](CCCCNC(=O)CCC(=O)NCCCC(NC(=O)CCCCC(=O)O)C(=O)O)C(=O)O. The van der Waals surface area contributed by atoms with E-state index in [1.807, 2.05) is 0 Å². The molecule has 0 radical (unpaired) electrons. The number of carboxylic acid groups (broad SMARTS) is 3. The average Bonchev–Trinajstić information content (AvgIpc) is 2.81. The van der Waals surface area contributed by atoms with Crippen LogP contribution in [0.15, 0.2) is 0 Å². The molecule has 4 amide bonds. The van der Waals surface area contributed by atoms with Gasteiger partial charge in [0.15, 0.2) is 0 Å². The number of carbonyl (C=O) groups excluding carboxylic acids is 4. The fourth-order valence-corrected chi connectivity index (χ4v) is 3.08. The van der Waals surface area contributed by atoms with Gasteiger partial charge >= 0.3 is 17.9 Å². The molecule has 0 rings (SSSR count). The average molecular weight is 517 g/mol. The first-order valence-electron chi connectivity index (χ1n) is 11.8. The van der Waals surface area contributed by atoms with Crippen LogP contribution in [0.25, 0.3) is 0 Å². The van der Waals surface area contributed by atoms with Crippen LogP contribution in [0.5, 0.6) is 0 Å². The van der Waals surface area contributed by atoms with Gasteiger partial charge in [0.2, 0.25) is 24.1 Å². The Morgan fingerprint density at radius 3 is 1.67 bits per heavy atom. The van der Waals surface area contributed by atoms with Crippen molar-refractivity contribution in [2.24, 2.45) is 0 Å². The van der Waals surface area contributed by atoms with E-state index in [-0.39, 0.29) is 63.3 Å². The summed E-state index contributed by atoms with van der Waals surface area (Å²) < 4.78 is 0. The number of carboxylic acids is 3. The molecule has 1 unspecified atom stereocenters. The summed E-state index contributed by atoms with van der Waals surface area (Å²) >= 11 is 0.